The number of carbonyl (C=O) groups excluding carboxylic acids is 1. The summed E-state index contributed by atoms with van der Waals surface area (Å²) < 4.78 is 11.2. The molecule has 6 N–H and O–H groups in total. The molecule has 0 aliphatic carbocycles. The van der Waals surface area contributed by atoms with E-state index in [1.807, 2.05) is 6.08 Å². The molecule has 1 aliphatic rings. The average Bonchev–Trinajstić information content (AvgIpc) is 3.27. The van der Waals surface area contributed by atoms with Crippen molar-refractivity contribution in [3.63, 3.8) is 0 Å². The van der Waals surface area contributed by atoms with Gasteiger partial charge in [-0.15, -0.1) is 0 Å². The van der Waals surface area contributed by atoms with E-state index in [-0.39, 0.29) is 12.5 Å². The Morgan fingerprint density at radius 3 is 1.52 bits per heavy atom. The molecule has 360 valence electrons. The average molecular weight is 874 g/mol. The standard InChI is InChI=1S/C53H95NO8/c1-3-5-7-9-11-13-15-16-17-18-19-20-21-22-23-24-25-26-27-28-29-30-31-32-33-35-37-39-41-43-49(57)54-46(45-61-53-52(60)51(59)50(58)48(44-55)62-53)47(56)42-40-38-36-34-14-12-10-8-6-4-2/h6,8,14,19-20,22-23,34,40,42,46-48,50-53,55-56,58-60H,3-5,7,9-13,15-18,21,24-33,35-39,41,43-45H2,1-2H3,(H,54,57)/b8-6+,20-19-,23-22-,34-14+,42-40+. The van der Waals surface area contributed by atoms with E-state index in [4.69, 9.17) is 9.47 Å². The van der Waals surface area contributed by atoms with E-state index in [9.17, 15) is 30.3 Å². The van der Waals surface area contributed by atoms with Crippen molar-refractivity contribution in [3.05, 3.63) is 60.8 Å². The van der Waals surface area contributed by atoms with Crippen molar-refractivity contribution in [3.8, 4) is 0 Å². The Labute approximate surface area is 379 Å². The SMILES string of the molecule is CC/C=C/CC/C=C/CC/C=C/C(O)C(COC1OC(CO)C(O)C(O)C1O)NC(=O)CCCCCCCCCCCCCCC/C=C\C/C=C\CCCCCCCCCCC. The minimum Gasteiger partial charge on any atom is -0.394 e. The maximum absolute atomic E-state index is 13.0. The third-order valence-corrected chi connectivity index (χ3v) is 11.8. The van der Waals surface area contributed by atoms with Gasteiger partial charge in [-0.3, -0.25) is 4.79 Å². The van der Waals surface area contributed by atoms with Crippen LogP contribution < -0.4 is 5.32 Å². The quantitative estimate of drug-likeness (QED) is 0.0262. The third kappa shape index (κ3) is 32.5. The Balaban J connectivity index is 2.17. The van der Waals surface area contributed by atoms with Gasteiger partial charge in [0.1, 0.15) is 24.4 Å². The van der Waals surface area contributed by atoms with Gasteiger partial charge in [0.2, 0.25) is 5.91 Å². The van der Waals surface area contributed by atoms with E-state index in [0.29, 0.717) is 6.42 Å². The first-order chi connectivity index (χ1) is 30.3. The van der Waals surface area contributed by atoms with Crippen molar-refractivity contribution in [1.82, 2.24) is 5.32 Å². The summed E-state index contributed by atoms with van der Waals surface area (Å²) in [5, 5.41) is 54.1. The zero-order valence-corrected chi connectivity index (χ0v) is 39.6. The highest BCUT2D eigenvalue weighted by molar-refractivity contribution is 5.76. The highest BCUT2D eigenvalue weighted by Crippen LogP contribution is 2.23. The molecule has 62 heavy (non-hydrogen) atoms. The molecule has 1 saturated heterocycles. The number of unbranched alkanes of at least 4 members (excludes halogenated alkanes) is 24. The molecule has 9 nitrogen and oxygen atoms in total. The van der Waals surface area contributed by atoms with E-state index in [2.05, 4.69) is 67.8 Å². The lowest BCUT2D eigenvalue weighted by molar-refractivity contribution is -0.302. The fraction of sp³-hybridized carbons (Fsp3) is 0.792. The molecule has 0 spiro atoms. The second-order valence-electron chi connectivity index (χ2n) is 17.6. The summed E-state index contributed by atoms with van der Waals surface area (Å²) in [6.45, 7) is 3.62. The lowest BCUT2D eigenvalue weighted by Gasteiger charge is -2.40. The molecule has 1 rings (SSSR count). The summed E-state index contributed by atoms with van der Waals surface area (Å²) in [5.74, 6) is -0.196. The normalized spacial score (nSPS) is 20.8. The van der Waals surface area contributed by atoms with Gasteiger partial charge in [-0.25, -0.2) is 0 Å². The van der Waals surface area contributed by atoms with Crippen LogP contribution >= 0.6 is 0 Å². The fourth-order valence-corrected chi connectivity index (χ4v) is 7.75. The summed E-state index contributed by atoms with van der Waals surface area (Å²) in [6, 6.07) is -0.828. The molecule has 7 atom stereocenters. The number of ether oxygens (including phenoxy) is 2. The van der Waals surface area contributed by atoms with Crippen LogP contribution in [0.2, 0.25) is 0 Å². The molecule has 1 amide bonds. The Bertz CT molecular complexity index is 1150. The van der Waals surface area contributed by atoms with Crippen LogP contribution in [0.25, 0.3) is 0 Å². The van der Waals surface area contributed by atoms with Gasteiger partial charge in [0.15, 0.2) is 6.29 Å². The first kappa shape index (κ1) is 57.9. The molecule has 0 aromatic heterocycles. The molecule has 7 unspecified atom stereocenters. The second kappa shape index (κ2) is 42.8. The second-order valence-corrected chi connectivity index (χ2v) is 17.6. The van der Waals surface area contributed by atoms with Gasteiger partial charge in [-0.05, 0) is 70.6 Å². The molecule has 1 fully saturated rings. The molecule has 0 saturated carbocycles. The van der Waals surface area contributed by atoms with Crippen LogP contribution in [0.3, 0.4) is 0 Å². The molecular formula is C53H95NO8. The Hall–Kier alpha value is -2.11. The van der Waals surface area contributed by atoms with Crippen molar-refractivity contribution < 1.29 is 39.8 Å². The summed E-state index contributed by atoms with van der Waals surface area (Å²) in [4.78, 5) is 13.0. The van der Waals surface area contributed by atoms with Crippen LogP contribution in [-0.4, -0.2) is 87.5 Å². The van der Waals surface area contributed by atoms with Gasteiger partial charge in [0, 0.05) is 6.42 Å². The van der Waals surface area contributed by atoms with Crippen LogP contribution in [0.15, 0.2) is 60.8 Å². The number of hydrogen-bond donors (Lipinski definition) is 6. The van der Waals surface area contributed by atoms with Gasteiger partial charge in [0.05, 0.1) is 25.4 Å². The summed E-state index contributed by atoms with van der Waals surface area (Å²) >= 11 is 0. The Morgan fingerprint density at radius 1 is 0.565 bits per heavy atom. The Kier molecular flexibility index (Phi) is 40.0. The fourth-order valence-electron chi connectivity index (χ4n) is 7.75. The van der Waals surface area contributed by atoms with Crippen LogP contribution in [0.4, 0.5) is 0 Å². The molecule has 0 bridgehead atoms. The van der Waals surface area contributed by atoms with Gasteiger partial charge < -0.3 is 40.3 Å². The number of allylic oxidation sites excluding steroid dienone is 9. The van der Waals surface area contributed by atoms with E-state index >= 15 is 0 Å². The number of nitrogens with one attached hydrogen (secondary N) is 1. The van der Waals surface area contributed by atoms with Crippen LogP contribution in [-0.2, 0) is 14.3 Å². The largest absolute Gasteiger partial charge is 0.394 e. The third-order valence-electron chi connectivity index (χ3n) is 11.8. The van der Waals surface area contributed by atoms with E-state index in [1.165, 1.54) is 135 Å². The molecule has 0 aromatic carbocycles. The minimum absolute atomic E-state index is 0.196. The first-order valence-electron chi connectivity index (χ1n) is 25.5. The van der Waals surface area contributed by atoms with Crippen LogP contribution in [0.5, 0.6) is 0 Å². The number of amides is 1. The highest BCUT2D eigenvalue weighted by Gasteiger charge is 2.44. The number of carbonyl (C=O) groups is 1. The highest BCUT2D eigenvalue weighted by atomic mass is 16.7. The maximum atomic E-state index is 13.0. The van der Waals surface area contributed by atoms with Crippen molar-refractivity contribution >= 4 is 5.91 Å². The van der Waals surface area contributed by atoms with E-state index in [0.717, 1.165) is 57.8 Å². The minimum atomic E-state index is -1.57. The lowest BCUT2D eigenvalue weighted by Crippen LogP contribution is -2.60. The monoisotopic (exact) mass is 874 g/mol. The maximum Gasteiger partial charge on any atom is 0.220 e. The van der Waals surface area contributed by atoms with E-state index < -0.39 is 49.5 Å². The number of aliphatic hydroxyl groups is 5. The molecule has 1 aliphatic heterocycles. The first-order valence-corrected chi connectivity index (χ1v) is 25.5. The van der Waals surface area contributed by atoms with Gasteiger partial charge >= 0.3 is 0 Å². The molecule has 0 radical (unpaired) electrons. The van der Waals surface area contributed by atoms with Crippen molar-refractivity contribution in [2.45, 2.75) is 256 Å². The number of aliphatic hydroxyl groups excluding tert-OH is 5. The number of hydrogen-bond acceptors (Lipinski definition) is 8. The molecule has 9 heteroatoms. The van der Waals surface area contributed by atoms with Crippen molar-refractivity contribution in [2.24, 2.45) is 0 Å². The van der Waals surface area contributed by atoms with Crippen LogP contribution in [0, 0.1) is 0 Å². The lowest BCUT2D eigenvalue weighted by atomic mass is 9.99. The summed E-state index contributed by atoms with van der Waals surface area (Å²) in [6.07, 6.45) is 50.2. The predicted molar refractivity (Wildman–Crippen MR) is 258 cm³/mol. The Morgan fingerprint density at radius 2 is 1.02 bits per heavy atom. The molecular weight excluding hydrogens is 779 g/mol. The topological polar surface area (TPSA) is 149 Å². The smallest absolute Gasteiger partial charge is 0.220 e. The van der Waals surface area contributed by atoms with Crippen LogP contribution in [0.1, 0.15) is 213 Å². The van der Waals surface area contributed by atoms with Crippen molar-refractivity contribution in [2.75, 3.05) is 13.2 Å². The molecule has 0 aromatic rings. The van der Waals surface area contributed by atoms with E-state index in [1.54, 1.807) is 6.08 Å². The van der Waals surface area contributed by atoms with Crippen molar-refractivity contribution in [1.29, 1.82) is 0 Å². The zero-order valence-electron chi connectivity index (χ0n) is 39.6. The van der Waals surface area contributed by atoms with Gasteiger partial charge in [-0.2, -0.15) is 0 Å². The predicted octanol–water partition coefficient (Wildman–Crippen LogP) is 11.6. The number of rotatable bonds is 42. The molecule has 1 heterocycles. The van der Waals surface area contributed by atoms with Gasteiger partial charge in [0.25, 0.3) is 0 Å². The summed E-state index contributed by atoms with van der Waals surface area (Å²) in [5.41, 5.74) is 0. The zero-order chi connectivity index (χ0) is 45.1. The van der Waals surface area contributed by atoms with Gasteiger partial charge in [-0.1, -0.05) is 197 Å². The summed E-state index contributed by atoms with van der Waals surface area (Å²) in [7, 11) is 0.